The standard InChI is InChI=1S/C24H26N4O3.C2HF3O2/c1-28(2)23(29)4-3-13-31-18-7-5-16(6-8-18)21-14-17(9-11-25-21)22-15-19-20(27-22)10-12-26-24(19)30;3-2(4,5)1(6)7/h5-9,11,14-15,27H,3-4,10,12-13H2,1-2H3,(H,26,30);(H,6,7). The van der Waals surface area contributed by atoms with Crippen LogP contribution < -0.4 is 10.1 Å². The molecule has 0 radical (unpaired) electrons. The van der Waals surface area contributed by atoms with Crippen LogP contribution in [-0.4, -0.2) is 71.2 Å². The average molecular weight is 533 g/mol. The Morgan fingerprint density at radius 2 is 1.79 bits per heavy atom. The normalized spacial score (nSPS) is 12.5. The first kappa shape index (κ1) is 28.2. The van der Waals surface area contributed by atoms with Gasteiger partial charge in [0.2, 0.25) is 5.91 Å². The van der Waals surface area contributed by atoms with E-state index in [4.69, 9.17) is 14.6 Å². The van der Waals surface area contributed by atoms with Crippen molar-refractivity contribution in [3.63, 3.8) is 0 Å². The SMILES string of the molecule is CN(C)C(=O)CCCOc1ccc(-c2cc(-c3cc4c([nH]3)CCNC4=O)ccn2)cc1.O=C(O)C(F)(F)F. The van der Waals surface area contributed by atoms with Gasteiger partial charge in [-0.05, 0) is 48.9 Å². The van der Waals surface area contributed by atoms with Gasteiger partial charge in [0.15, 0.2) is 0 Å². The number of hydrogen-bond donors (Lipinski definition) is 3. The minimum Gasteiger partial charge on any atom is -0.494 e. The van der Waals surface area contributed by atoms with Gasteiger partial charge in [-0.1, -0.05) is 0 Å². The second-order valence-electron chi connectivity index (χ2n) is 8.58. The summed E-state index contributed by atoms with van der Waals surface area (Å²) in [4.78, 5) is 42.0. The molecule has 0 atom stereocenters. The number of halogens is 3. The lowest BCUT2D eigenvalue weighted by molar-refractivity contribution is -0.192. The number of H-pyrrole nitrogens is 1. The Balaban J connectivity index is 0.000000505. The van der Waals surface area contributed by atoms with Gasteiger partial charge in [0.25, 0.3) is 5.91 Å². The van der Waals surface area contributed by atoms with Crippen LogP contribution in [0.25, 0.3) is 22.5 Å². The van der Waals surface area contributed by atoms with Crippen molar-refractivity contribution in [3.05, 3.63) is 59.9 Å². The molecule has 202 valence electrons. The number of benzene rings is 1. The Morgan fingerprint density at radius 1 is 1.11 bits per heavy atom. The van der Waals surface area contributed by atoms with Crippen LogP contribution in [0.15, 0.2) is 48.7 Å². The Bertz CT molecular complexity index is 1290. The fourth-order valence-corrected chi connectivity index (χ4v) is 3.56. The number of rotatable bonds is 7. The van der Waals surface area contributed by atoms with E-state index in [9.17, 15) is 22.8 Å². The molecule has 2 amide bonds. The van der Waals surface area contributed by atoms with Gasteiger partial charge < -0.3 is 25.0 Å². The molecule has 9 nitrogen and oxygen atoms in total. The quantitative estimate of drug-likeness (QED) is 0.397. The van der Waals surface area contributed by atoms with E-state index in [1.807, 2.05) is 42.5 Å². The Labute approximate surface area is 216 Å². The summed E-state index contributed by atoms with van der Waals surface area (Å²) in [6.07, 6.45) is -1.34. The number of pyridine rings is 1. The molecular formula is C26H27F3N4O5. The number of aliphatic carboxylic acids is 1. The smallest absolute Gasteiger partial charge is 0.490 e. The molecule has 2 aromatic heterocycles. The summed E-state index contributed by atoms with van der Waals surface area (Å²) in [5.74, 6) is -1.92. The maximum atomic E-state index is 12.0. The van der Waals surface area contributed by atoms with E-state index >= 15 is 0 Å². The van der Waals surface area contributed by atoms with Gasteiger partial charge in [-0.2, -0.15) is 13.2 Å². The van der Waals surface area contributed by atoms with Gasteiger partial charge in [-0.3, -0.25) is 14.6 Å². The van der Waals surface area contributed by atoms with E-state index in [1.165, 1.54) is 0 Å². The predicted octanol–water partition coefficient (Wildman–Crippen LogP) is 3.91. The molecule has 1 aliphatic rings. The number of carboxylic acids is 1. The van der Waals surface area contributed by atoms with Gasteiger partial charge in [0, 0.05) is 62.2 Å². The van der Waals surface area contributed by atoms with Crippen molar-refractivity contribution < 1.29 is 37.4 Å². The number of nitrogens with one attached hydrogen (secondary N) is 2. The minimum atomic E-state index is -5.08. The summed E-state index contributed by atoms with van der Waals surface area (Å²) < 4.78 is 37.5. The zero-order valence-corrected chi connectivity index (χ0v) is 20.8. The monoisotopic (exact) mass is 532 g/mol. The van der Waals surface area contributed by atoms with Gasteiger partial charge in [0.1, 0.15) is 5.75 Å². The molecule has 1 aromatic carbocycles. The molecule has 1 aliphatic heterocycles. The number of fused-ring (bicyclic) bond motifs is 1. The summed E-state index contributed by atoms with van der Waals surface area (Å²) in [5.41, 5.74) is 5.42. The Morgan fingerprint density at radius 3 is 2.39 bits per heavy atom. The predicted molar refractivity (Wildman–Crippen MR) is 133 cm³/mol. The molecule has 0 aliphatic carbocycles. The molecule has 3 aromatic rings. The van der Waals surface area contributed by atoms with Crippen LogP contribution in [0.5, 0.6) is 5.75 Å². The summed E-state index contributed by atoms with van der Waals surface area (Å²) in [6.45, 7) is 1.16. The van der Waals surface area contributed by atoms with Crippen LogP contribution in [-0.2, 0) is 16.0 Å². The second-order valence-corrected chi connectivity index (χ2v) is 8.58. The molecule has 12 heteroatoms. The number of hydrogen-bond acceptors (Lipinski definition) is 5. The molecule has 3 N–H and O–H groups in total. The highest BCUT2D eigenvalue weighted by Gasteiger charge is 2.38. The lowest BCUT2D eigenvalue weighted by atomic mass is 10.1. The van der Waals surface area contributed by atoms with Gasteiger partial charge in [-0.25, -0.2) is 4.79 Å². The number of aromatic amines is 1. The fourth-order valence-electron chi connectivity index (χ4n) is 3.56. The first-order valence-corrected chi connectivity index (χ1v) is 11.7. The van der Waals surface area contributed by atoms with Gasteiger partial charge in [0.05, 0.1) is 17.9 Å². The van der Waals surface area contributed by atoms with Gasteiger partial charge in [-0.15, -0.1) is 0 Å². The summed E-state index contributed by atoms with van der Waals surface area (Å²) in [5, 5.41) is 10.00. The molecule has 4 rings (SSSR count). The van der Waals surface area contributed by atoms with Gasteiger partial charge >= 0.3 is 12.1 Å². The molecular weight excluding hydrogens is 505 g/mol. The molecule has 0 spiro atoms. The molecule has 0 bridgehead atoms. The third kappa shape index (κ3) is 7.58. The van der Waals surface area contributed by atoms with E-state index in [0.717, 1.165) is 40.4 Å². The highest BCUT2D eigenvalue weighted by Crippen LogP contribution is 2.28. The highest BCUT2D eigenvalue weighted by molar-refractivity contribution is 5.97. The largest absolute Gasteiger partial charge is 0.494 e. The first-order chi connectivity index (χ1) is 18.0. The summed E-state index contributed by atoms with van der Waals surface area (Å²) in [6, 6.07) is 13.6. The number of amides is 2. The van der Waals surface area contributed by atoms with Crippen LogP contribution >= 0.6 is 0 Å². The lowest BCUT2D eigenvalue weighted by Gasteiger charge is -2.11. The highest BCUT2D eigenvalue weighted by atomic mass is 19.4. The summed E-state index contributed by atoms with van der Waals surface area (Å²) >= 11 is 0. The number of carboxylic acid groups (broad SMARTS) is 1. The van der Waals surface area contributed by atoms with E-state index in [-0.39, 0.29) is 11.8 Å². The molecule has 0 saturated carbocycles. The number of carbonyl (C=O) groups is 3. The van der Waals surface area contributed by atoms with Crippen molar-refractivity contribution in [3.8, 4) is 28.3 Å². The second kappa shape index (κ2) is 12.3. The van der Waals surface area contributed by atoms with Crippen molar-refractivity contribution in [2.45, 2.75) is 25.4 Å². The van der Waals surface area contributed by atoms with E-state index in [2.05, 4.69) is 15.3 Å². The molecule has 0 fully saturated rings. The van der Waals surface area contributed by atoms with Crippen molar-refractivity contribution in [2.24, 2.45) is 0 Å². The third-order valence-corrected chi connectivity index (χ3v) is 5.57. The lowest BCUT2D eigenvalue weighted by Crippen LogP contribution is -2.31. The number of ether oxygens (including phenoxy) is 1. The maximum absolute atomic E-state index is 12.0. The fraction of sp³-hybridized carbons (Fsp3) is 0.308. The van der Waals surface area contributed by atoms with Crippen molar-refractivity contribution >= 4 is 17.8 Å². The van der Waals surface area contributed by atoms with Crippen molar-refractivity contribution in [1.82, 2.24) is 20.2 Å². The van der Waals surface area contributed by atoms with Crippen LogP contribution in [0.4, 0.5) is 13.2 Å². The Hall–Kier alpha value is -4.35. The van der Waals surface area contributed by atoms with Crippen LogP contribution in [0.1, 0.15) is 28.9 Å². The number of nitrogens with zero attached hydrogens (tertiary/aromatic N) is 2. The average Bonchev–Trinajstić information content (AvgIpc) is 3.33. The maximum Gasteiger partial charge on any atom is 0.490 e. The van der Waals surface area contributed by atoms with Crippen molar-refractivity contribution in [2.75, 3.05) is 27.2 Å². The van der Waals surface area contributed by atoms with Crippen LogP contribution in [0.2, 0.25) is 0 Å². The molecule has 0 unspecified atom stereocenters. The zero-order valence-electron chi connectivity index (χ0n) is 20.8. The topological polar surface area (TPSA) is 125 Å². The van der Waals surface area contributed by atoms with Crippen molar-refractivity contribution in [1.29, 1.82) is 0 Å². The first-order valence-electron chi connectivity index (χ1n) is 11.7. The minimum absolute atomic E-state index is 0.0281. The van der Waals surface area contributed by atoms with Crippen LogP contribution in [0, 0.1) is 0 Å². The van der Waals surface area contributed by atoms with E-state index in [1.54, 1.807) is 25.2 Å². The van der Waals surface area contributed by atoms with E-state index < -0.39 is 12.1 Å². The third-order valence-electron chi connectivity index (χ3n) is 5.57. The molecule has 0 saturated heterocycles. The number of carbonyl (C=O) groups excluding carboxylic acids is 2. The molecule has 38 heavy (non-hydrogen) atoms. The number of alkyl halides is 3. The zero-order chi connectivity index (χ0) is 27.9. The number of aromatic nitrogens is 2. The van der Waals surface area contributed by atoms with E-state index in [0.29, 0.717) is 31.6 Å². The van der Waals surface area contributed by atoms with Crippen LogP contribution in [0.3, 0.4) is 0 Å². The molecule has 3 heterocycles. The summed E-state index contributed by atoms with van der Waals surface area (Å²) in [7, 11) is 3.51. The Kier molecular flexibility index (Phi) is 9.11.